The van der Waals surface area contributed by atoms with E-state index in [1.54, 1.807) is 58.0 Å². The third-order valence-corrected chi connectivity index (χ3v) is 2.12. The molecule has 20 heavy (non-hydrogen) atoms. The van der Waals surface area contributed by atoms with E-state index in [1.165, 1.54) is 6.08 Å². The maximum Gasteiger partial charge on any atom is 0.412 e. The van der Waals surface area contributed by atoms with Crippen LogP contribution in [0.5, 0.6) is 0 Å². The molecule has 2 amide bonds. The molecule has 0 fully saturated rings. The van der Waals surface area contributed by atoms with E-state index in [9.17, 15) is 9.59 Å². The monoisotopic (exact) mass is 276 g/mol. The molecule has 0 aliphatic carbocycles. The summed E-state index contributed by atoms with van der Waals surface area (Å²) < 4.78 is 5.14. The number of rotatable bonds is 3. The molecular weight excluding hydrogens is 256 g/mol. The van der Waals surface area contributed by atoms with Crippen molar-refractivity contribution in [2.75, 3.05) is 10.6 Å². The summed E-state index contributed by atoms with van der Waals surface area (Å²) in [7, 11) is 0. The number of hydrogen-bond donors (Lipinski definition) is 2. The first-order valence-corrected chi connectivity index (χ1v) is 6.34. The summed E-state index contributed by atoms with van der Waals surface area (Å²) in [6.07, 6.45) is 2.59. The fourth-order valence-corrected chi connectivity index (χ4v) is 1.39. The van der Waals surface area contributed by atoms with Crippen LogP contribution >= 0.6 is 0 Å². The minimum atomic E-state index is -0.537. The molecule has 0 bridgehead atoms. The van der Waals surface area contributed by atoms with E-state index in [1.807, 2.05) is 0 Å². The van der Waals surface area contributed by atoms with Crippen LogP contribution < -0.4 is 10.6 Å². The van der Waals surface area contributed by atoms with E-state index in [2.05, 4.69) is 10.6 Å². The van der Waals surface area contributed by atoms with E-state index in [0.29, 0.717) is 11.4 Å². The van der Waals surface area contributed by atoms with Gasteiger partial charge in [0.15, 0.2) is 0 Å². The first-order valence-electron chi connectivity index (χ1n) is 6.34. The van der Waals surface area contributed by atoms with Crippen LogP contribution in [0.2, 0.25) is 0 Å². The lowest BCUT2D eigenvalue weighted by molar-refractivity contribution is -0.111. The highest BCUT2D eigenvalue weighted by molar-refractivity contribution is 5.99. The van der Waals surface area contributed by atoms with Crippen molar-refractivity contribution >= 4 is 23.4 Å². The van der Waals surface area contributed by atoms with Crippen LogP contribution in [-0.4, -0.2) is 17.6 Å². The molecule has 1 aromatic carbocycles. The number of nitrogens with one attached hydrogen (secondary N) is 2. The molecule has 0 aliphatic rings. The topological polar surface area (TPSA) is 67.4 Å². The molecule has 0 aliphatic heterocycles. The van der Waals surface area contributed by atoms with E-state index >= 15 is 0 Å². The van der Waals surface area contributed by atoms with Crippen molar-refractivity contribution in [3.8, 4) is 0 Å². The van der Waals surface area contributed by atoms with Crippen molar-refractivity contribution in [2.45, 2.75) is 33.3 Å². The van der Waals surface area contributed by atoms with Gasteiger partial charge in [-0.1, -0.05) is 6.08 Å². The number of hydrogen-bond acceptors (Lipinski definition) is 3. The Balaban J connectivity index is 2.59. The zero-order chi connectivity index (χ0) is 15.2. The highest BCUT2D eigenvalue weighted by Crippen LogP contribution is 2.15. The first kappa shape index (κ1) is 15.8. The molecule has 2 N–H and O–H groups in total. The van der Waals surface area contributed by atoms with E-state index < -0.39 is 11.7 Å². The van der Waals surface area contributed by atoms with Gasteiger partial charge in [-0.3, -0.25) is 10.1 Å². The summed E-state index contributed by atoms with van der Waals surface area (Å²) in [5.41, 5.74) is 0.718. The lowest BCUT2D eigenvalue weighted by atomic mass is 10.2. The molecule has 108 valence electrons. The molecule has 1 aromatic rings. The molecule has 0 saturated heterocycles. The van der Waals surface area contributed by atoms with Crippen LogP contribution in [0.1, 0.15) is 27.7 Å². The molecule has 5 heteroatoms. The average molecular weight is 276 g/mol. The van der Waals surface area contributed by atoms with E-state index in [-0.39, 0.29) is 5.91 Å². The molecule has 1 rings (SSSR count). The highest BCUT2D eigenvalue weighted by Gasteiger charge is 2.16. The standard InChI is InChI=1S/C15H20N2O3/c1-5-6-13(18)16-11-7-9-12(10-8-11)17-14(19)20-15(2,3)4/h5-10H,1-4H3,(H,16,18)(H,17,19)/b6-5-. The Labute approximate surface area is 119 Å². The third kappa shape index (κ3) is 6.04. The van der Waals surface area contributed by atoms with Gasteiger partial charge in [0.05, 0.1) is 0 Å². The van der Waals surface area contributed by atoms with Crippen molar-refractivity contribution in [1.29, 1.82) is 0 Å². The third-order valence-electron chi connectivity index (χ3n) is 2.12. The maximum absolute atomic E-state index is 11.6. The number of carbonyl (C=O) groups excluding carboxylic acids is 2. The molecule has 0 unspecified atom stereocenters. The summed E-state index contributed by atoms with van der Waals surface area (Å²) >= 11 is 0. The Morgan fingerprint density at radius 2 is 1.55 bits per heavy atom. The SMILES string of the molecule is C/C=C\C(=O)Nc1ccc(NC(=O)OC(C)(C)C)cc1. The smallest absolute Gasteiger partial charge is 0.412 e. The number of ether oxygens (including phenoxy) is 1. The molecule has 0 spiro atoms. The predicted octanol–water partition coefficient (Wildman–Crippen LogP) is 3.55. The minimum Gasteiger partial charge on any atom is -0.444 e. The Bertz CT molecular complexity index is 499. The molecule has 0 radical (unpaired) electrons. The normalized spacial score (nSPS) is 11.2. The lowest BCUT2D eigenvalue weighted by Gasteiger charge is -2.19. The molecular formula is C15H20N2O3. The fraction of sp³-hybridized carbons (Fsp3) is 0.333. The first-order chi connectivity index (χ1) is 9.30. The van der Waals surface area contributed by atoms with Gasteiger partial charge in [-0.25, -0.2) is 4.79 Å². The van der Waals surface area contributed by atoms with Gasteiger partial charge in [0.25, 0.3) is 0 Å². The largest absolute Gasteiger partial charge is 0.444 e. The molecule has 0 heterocycles. The Morgan fingerprint density at radius 1 is 1.05 bits per heavy atom. The van der Waals surface area contributed by atoms with Crippen LogP contribution in [0, 0.1) is 0 Å². The van der Waals surface area contributed by atoms with Gasteiger partial charge in [-0.2, -0.15) is 0 Å². The van der Waals surface area contributed by atoms with Crippen LogP contribution in [-0.2, 0) is 9.53 Å². The Morgan fingerprint density at radius 3 is 2.00 bits per heavy atom. The number of benzene rings is 1. The van der Waals surface area contributed by atoms with Crippen molar-refractivity contribution in [3.05, 3.63) is 36.4 Å². The zero-order valence-electron chi connectivity index (χ0n) is 12.2. The summed E-state index contributed by atoms with van der Waals surface area (Å²) in [5.74, 6) is -0.194. The Kier molecular flexibility index (Phi) is 5.32. The number of carbonyl (C=O) groups is 2. The van der Waals surface area contributed by atoms with E-state index in [4.69, 9.17) is 4.74 Å². The average Bonchev–Trinajstić information content (AvgIpc) is 2.29. The van der Waals surface area contributed by atoms with Crippen molar-refractivity contribution in [3.63, 3.8) is 0 Å². The van der Waals surface area contributed by atoms with Gasteiger partial charge in [0.2, 0.25) is 5.91 Å². The zero-order valence-corrected chi connectivity index (χ0v) is 12.2. The van der Waals surface area contributed by atoms with Crippen LogP contribution in [0.3, 0.4) is 0 Å². The quantitative estimate of drug-likeness (QED) is 0.830. The summed E-state index contributed by atoms with van der Waals surface area (Å²) in [6, 6.07) is 6.78. The number of allylic oxidation sites excluding steroid dienone is 1. The van der Waals surface area contributed by atoms with Gasteiger partial charge in [0.1, 0.15) is 5.60 Å². The van der Waals surface area contributed by atoms with Gasteiger partial charge in [0, 0.05) is 11.4 Å². The molecule has 5 nitrogen and oxygen atoms in total. The maximum atomic E-state index is 11.6. The molecule has 0 saturated carbocycles. The number of amides is 2. The van der Waals surface area contributed by atoms with E-state index in [0.717, 1.165) is 0 Å². The van der Waals surface area contributed by atoms with Gasteiger partial charge < -0.3 is 10.1 Å². The second kappa shape index (κ2) is 6.75. The lowest BCUT2D eigenvalue weighted by Crippen LogP contribution is -2.27. The second-order valence-corrected chi connectivity index (χ2v) is 5.19. The van der Waals surface area contributed by atoms with Gasteiger partial charge in [-0.15, -0.1) is 0 Å². The number of anilines is 2. The second-order valence-electron chi connectivity index (χ2n) is 5.19. The van der Waals surface area contributed by atoms with Crippen molar-refractivity contribution in [1.82, 2.24) is 0 Å². The molecule has 0 atom stereocenters. The summed E-state index contributed by atoms with van der Waals surface area (Å²) in [5, 5.41) is 5.31. The van der Waals surface area contributed by atoms with Crippen LogP contribution in [0.15, 0.2) is 36.4 Å². The van der Waals surface area contributed by atoms with Crippen LogP contribution in [0.25, 0.3) is 0 Å². The van der Waals surface area contributed by atoms with Crippen LogP contribution in [0.4, 0.5) is 16.2 Å². The molecule has 0 aromatic heterocycles. The highest BCUT2D eigenvalue weighted by atomic mass is 16.6. The fourth-order valence-electron chi connectivity index (χ4n) is 1.39. The van der Waals surface area contributed by atoms with Crippen molar-refractivity contribution in [2.24, 2.45) is 0 Å². The predicted molar refractivity (Wildman–Crippen MR) is 79.7 cm³/mol. The summed E-state index contributed by atoms with van der Waals surface area (Å²) in [4.78, 5) is 22.9. The minimum absolute atomic E-state index is 0.194. The van der Waals surface area contributed by atoms with Crippen molar-refractivity contribution < 1.29 is 14.3 Å². The summed E-state index contributed by atoms with van der Waals surface area (Å²) in [6.45, 7) is 7.17. The van der Waals surface area contributed by atoms with Gasteiger partial charge in [-0.05, 0) is 58.0 Å². The van der Waals surface area contributed by atoms with Gasteiger partial charge >= 0.3 is 6.09 Å². The Hall–Kier alpha value is -2.30.